The number of amides is 2. The zero-order valence-electron chi connectivity index (χ0n) is 14.6. The second kappa shape index (κ2) is 7.90. The number of nitro groups is 1. The van der Waals surface area contributed by atoms with Crippen LogP contribution in [0.15, 0.2) is 53.4 Å². The maximum atomic E-state index is 12.9. The van der Waals surface area contributed by atoms with E-state index in [0.717, 1.165) is 10.4 Å². The van der Waals surface area contributed by atoms with Crippen LogP contribution in [0.2, 0.25) is 0 Å². The van der Waals surface area contributed by atoms with Crippen LogP contribution in [-0.4, -0.2) is 54.8 Å². The summed E-state index contributed by atoms with van der Waals surface area (Å²) >= 11 is 0. The van der Waals surface area contributed by atoms with E-state index in [1.165, 1.54) is 47.4 Å². The number of carbonyl (C=O) groups is 1. The van der Waals surface area contributed by atoms with Crippen LogP contribution in [0.3, 0.4) is 0 Å². The van der Waals surface area contributed by atoms with E-state index in [4.69, 9.17) is 0 Å². The highest BCUT2D eigenvalue weighted by atomic mass is 32.2. The van der Waals surface area contributed by atoms with Crippen LogP contribution in [0.5, 0.6) is 0 Å². The standard InChI is InChI=1S/C17H17FN4O5S/c18-13-5-7-14(8-6-13)19-17(23)20-9-11-21(12-10-20)28(26,27)16-4-2-1-3-15(16)22(24)25/h1-8H,9-12H2,(H,19,23). The number of sulfonamides is 1. The van der Waals surface area contributed by atoms with Crippen molar-refractivity contribution >= 4 is 27.4 Å². The number of carbonyl (C=O) groups excluding carboxylic acids is 1. The Balaban J connectivity index is 1.67. The van der Waals surface area contributed by atoms with E-state index in [0.29, 0.717) is 5.69 Å². The molecule has 9 nitrogen and oxygen atoms in total. The van der Waals surface area contributed by atoms with Gasteiger partial charge in [-0.2, -0.15) is 4.31 Å². The van der Waals surface area contributed by atoms with Crippen molar-refractivity contribution in [3.05, 3.63) is 64.5 Å². The van der Waals surface area contributed by atoms with E-state index in [1.807, 2.05) is 0 Å². The van der Waals surface area contributed by atoms with Gasteiger partial charge in [0.15, 0.2) is 4.90 Å². The second-order valence-corrected chi connectivity index (χ2v) is 7.96. The Morgan fingerprint density at radius 3 is 2.25 bits per heavy atom. The fraction of sp³-hybridized carbons (Fsp3) is 0.235. The molecule has 0 saturated carbocycles. The number of rotatable bonds is 4. The van der Waals surface area contributed by atoms with Gasteiger partial charge < -0.3 is 10.2 Å². The number of anilines is 1. The number of piperazine rings is 1. The Morgan fingerprint density at radius 2 is 1.64 bits per heavy atom. The number of urea groups is 1. The zero-order chi connectivity index (χ0) is 20.3. The van der Waals surface area contributed by atoms with Gasteiger partial charge in [0.25, 0.3) is 5.69 Å². The molecule has 3 rings (SSSR count). The van der Waals surface area contributed by atoms with Crippen molar-refractivity contribution in [3.63, 3.8) is 0 Å². The minimum Gasteiger partial charge on any atom is -0.322 e. The van der Waals surface area contributed by atoms with E-state index in [2.05, 4.69) is 5.32 Å². The van der Waals surface area contributed by atoms with Crippen LogP contribution in [0.4, 0.5) is 20.6 Å². The molecule has 0 spiro atoms. The summed E-state index contributed by atoms with van der Waals surface area (Å²) in [5.41, 5.74) is -0.0691. The third-order valence-corrected chi connectivity index (χ3v) is 6.25. The number of hydrogen-bond acceptors (Lipinski definition) is 5. The molecule has 148 valence electrons. The Kier molecular flexibility index (Phi) is 5.56. The normalized spacial score (nSPS) is 15.2. The monoisotopic (exact) mass is 408 g/mol. The van der Waals surface area contributed by atoms with Crippen LogP contribution >= 0.6 is 0 Å². The first-order chi connectivity index (χ1) is 13.3. The van der Waals surface area contributed by atoms with Gasteiger partial charge in [-0.25, -0.2) is 17.6 Å². The third-order valence-electron chi connectivity index (χ3n) is 4.30. The SMILES string of the molecule is O=C(Nc1ccc(F)cc1)N1CCN(S(=O)(=O)c2ccccc2[N+](=O)[O-])CC1. The number of nitrogens with zero attached hydrogens (tertiary/aromatic N) is 3. The summed E-state index contributed by atoms with van der Waals surface area (Å²) in [4.78, 5) is 23.7. The van der Waals surface area contributed by atoms with Crippen LogP contribution in [0.1, 0.15) is 0 Å². The van der Waals surface area contributed by atoms with Crippen molar-refractivity contribution < 1.29 is 22.5 Å². The molecular formula is C17H17FN4O5S. The molecule has 0 unspecified atom stereocenters. The lowest BCUT2D eigenvalue weighted by molar-refractivity contribution is -0.387. The van der Waals surface area contributed by atoms with Crippen molar-refractivity contribution in [2.24, 2.45) is 0 Å². The minimum atomic E-state index is -4.06. The largest absolute Gasteiger partial charge is 0.322 e. The fourth-order valence-electron chi connectivity index (χ4n) is 2.83. The van der Waals surface area contributed by atoms with Crippen LogP contribution in [-0.2, 0) is 10.0 Å². The van der Waals surface area contributed by atoms with Gasteiger partial charge in [-0.3, -0.25) is 10.1 Å². The second-order valence-electron chi connectivity index (χ2n) is 6.05. The van der Waals surface area contributed by atoms with Gasteiger partial charge >= 0.3 is 6.03 Å². The third kappa shape index (κ3) is 4.10. The first-order valence-electron chi connectivity index (χ1n) is 8.34. The first-order valence-corrected chi connectivity index (χ1v) is 9.78. The van der Waals surface area contributed by atoms with Gasteiger partial charge in [-0.15, -0.1) is 0 Å². The average molecular weight is 408 g/mol. The lowest BCUT2D eigenvalue weighted by Crippen LogP contribution is -2.51. The van der Waals surface area contributed by atoms with Gasteiger partial charge in [0.2, 0.25) is 10.0 Å². The topological polar surface area (TPSA) is 113 Å². The summed E-state index contributed by atoms with van der Waals surface area (Å²) in [6.45, 7) is 0.246. The maximum absolute atomic E-state index is 12.9. The number of halogens is 1. The van der Waals surface area contributed by atoms with Crippen LogP contribution in [0.25, 0.3) is 0 Å². The highest BCUT2D eigenvalue weighted by Gasteiger charge is 2.34. The van der Waals surface area contributed by atoms with Gasteiger partial charge in [0.1, 0.15) is 5.82 Å². The number of hydrogen-bond donors (Lipinski definition) is 1. The molecule has 2 aromatic rings. The Bertz CT molecular complexity index is 989. The molecule has 1 aliphatic rings. The molecule has 1 fully saturated rings. The molecule has 1 saturated heterocycles. The van der Waals surface area contributed by atoms with E-state index in [9.17, 15) is 27.7 Å². The summed E-state index contributed by atoms with van der Waals surface area (Å²) in [5.74, 6) is -0.424. The predicted molar refractivity (Wildman–Crippen MR) is 98.8 cm³/mol. The number of nitrogens with one attached hydrogen (secondary N) is 1. The zero-order valence-corrected chi connectivity index (χ0v) is 15.4. The molecule has 11 heteroatoms. The molecular weight excluding hydrogens is 391 g/mol. The van der Waals surface area contributed by atoms with Crippen molar-refractivity contribution in [2.75, 3.05) is 31.5 Å². The molecule has 1 heterocycles. The van der Waals surface area contributed by atoms with Crippen molar-refractivity contribution in [1.29, 1.82) is 0 Å². The summed E-state index contributed by atoms with van der Waals surface area (Å²) < 4.78 is 39.6. The summed E-state index contributed by atoms with van der Waals surface area (Å²) in [6.07, 6.45) is 0. The van der Waals surface area contributed by atoms with E-state index in [-0.39, 0.29) is 31.1 Å². The predicted octanol–water partition coefficient (Wildman–Crippen LogP) is 2.27. The number of benzene rings is 2. The molecule has 0 atom stereocenters. The molecule has 2 aromatic carbocycles. The highest BCUT2D eigenvalue weighted by Crippen LogP contribution is 2.27. The lowest BCUT2D eigenvalue weighted by Gasteiger charge is -2.33. The number of nitro benzene ring substituents is 1. The minimum absolute atomic E-state index is 0.00518. The molecule has 0 bridgehead atoms. The molecule has 2 amide bonds. The molecule has 1 N–H and O–H groups in total. The molecule has 1 aliphatic heterocycles. The average Bonchev–Trinajstić information content (AvgIpc) is 2.69. The highest BCUT2D eigenvalue weighted by molar-refractivity contribution is 7.89. The van der Waals surface area contributed by atoms with Gasteiger partial charge in [0, 0.05) is 37.9 Å². The number of para-hydroxylation sites is 1. The summed E-state index contributed by atoms with van der Waals surface area (Å²) in [6, 6.07) is 9.99. The first kappa shape index (κ1) is 19.7. The summed E-state index contributed by atoms with van der Waals surface area (Å²) in [5, 5.41) is 13.7. The molecule has 0 radical (unpaired) electrons. The summed E-state index contributed by atoms with van der Waals surface area (Å²) in [7, 11) is -4.06. The van der Waals surface area contributed by atoms with E-state index >= 15 is 0 Å². The van der Waals surface area contributed by atoms with Gasteiger partial charge in [-0.05, 0) is 30.3 Å². The van der Waals surface area contributed by atoms with E-state index < -0.39 is 32.5 Å². The van der Waals surface area contributed by atoms with Gasteiger partial charge in [-0.1, -0.05) is 12.1 Å². The lowest BCUT2D eigenvalue weighted by atomic mass is 10.3. The van der Waals surface area contributed by atoms with E-state index in [1.54, 1.807) is 0 Å². The fourth-order valence-corrected chi connectivity index (χ4v) is 4.41. The maximum Gasteiger partial charge on any atom is 0.321 e. The van der Waals surface area contributed by atoms with Gasteiger partial charge in [0.05, 0.1) is 4.92 Å². The Hall–Kier alpha value is -3.05. The van der Waals surface area contributed by atoms with Crippen molar-refractivity contribution in [1.82, 2.24) is 9.21 Å². The quantitative estimate of drug-likeness (QED) is 0.616. The van der Waals surface area contributed by atoms with Crippen LogP contribution in [0, 0.1) is 15.9 Å². The smallest absolute Gasteiger partial charge is 0.321 e. The molecule has 0 aromatic heterocycles. The van der Waals surface area contributed by atoms with Crippen LogP contribution < -0.4 is 5.32 Å². The van der Waals surface area contributed by atoms with Crippen molar-refractivity contribution in [3.8, 4) is 0 Å². The van der Waals surface area contributed by atoms with Crippen molar-refractivity contribution in [2.45, 2.75) is 4.90 Å². The Labute approximate surface area is 160 Å². The molecule has 0 aliphatic carbocycles. The Morgan fingerprint density at radius 1 is 1.04 bits per heavy atom. The molecule has 28 heavy (non-hydrogen) atoms.